The van der Waals surface area contributed by atoms with Crippen LogP contribution in [-0.2, 0) is 119 Å². The van der Waals surface area contributed by atoms with Gasteiger partial charge in [0, 0.05) is 27.7 Å². The molecule has 35 N–H and O–H groups in total. The van der Waals surface area contributed by atoms with Gasteiger partial charge in [0.05, 0.1) is 72.7 Å². The van der Waals surface area contributed by atoms with Crippen molar-refractivity contribution in [3.8, 4) is 0 Å². The number of amides is 4. The van der Waals surface area contributed by atoms with Gasteiger partial charge in [-0.3, -0.25) is 19.2 Å². The molecule has 11 heterocycles. The largest absolute Gasteiger partial charge is 0.394 e. The molecule has 136 heavy (non-hydrogen) atoms. The predicted octanol–water partition coefficient (Wildman–Crippen LogP) is -23.4. The number of nitrogens with one attached hydrogen (secondary N) is 4. The second kappa shape index (κ2) is 50.5. The molecule has 11 rings (SSSR count). The van der Waals surface area contributed by atoms with Crippen LogP contribution in [0.4, 0.5) is 0 Å². The standard InChI is InChI=1S/C74H124N4O56.C2H6/c1-16(89)75-31-42(100)55(26(11-85)115-64(31)113)126-65-32(76-17(2)90)43(101)58(27(12-86)122-65)129-72-54(112)61(132-74-63(49(107)38(96)23(8-82)121-74)134-67-34(78-19(4)92)45(103)57(29(14-88)124-67)128-71-53(111)60(40(98)25(10-84)119-71)131-69-51(109)47(105)36(94)21(6-80)117-69)41(99)30(125-72)15-114-73-62(48(106)37(95)22(7-81)120-73)133-66-33(77-18(3)91)44(102)56(28(13-87)123-66)127-70-52(110)59(39(97)24(9-83)118-70)130-68-50(108)46(104)35(93)20(5-79)116-68;1-2/h20-74,79-88,93-113H,5-15H2,1-4H3,(H,75,89)(H,76,90)(H,77,91)(H,78,92);1-2H3/t20-,21-,22-,23-,24-,25-,26-,27-,28-,29-,30-,31-,32-,33-,34-,35+,36+,37-,38-,39+,40+,41-,42-,43-,44-,45-,46+,47+,48+,49+,50-,51-,52-,53-,54+,55-,56-,57-,58-,59+,60+,61+,62+,63+,64-,65+,66+,67+,68-,69-,70+,71+,72+,73+,74-;/m1./s1. The molecule has 0 aromatic carbocycles. The summed E-state index contributed by atoms with van der Waals surface area (Å²) in [5, 5.41) is 356. The van der Waals surface area contributed by atoms with E-state index in [2.05, 4.69) is 21.3 Å². The molecule has 11 fully saturated rings. The molecule has 790 valence electrons. The summed E-state index contributed by atoms with van der Waals surface area (Å²) in [5.41, 5.74) is 0. The van der Waals surface area contributed by atoms with Crippen LogP contribution in [0.15, 0.2) is 0 Å². The Morgan fingerprint density at radius 3 is 0.713 bits per heavy atom. The highest BCUT2D eigenvalue weighted by Crippen LogP contribution is 2.42. The van der Waals surface area contributed by atoms with Crippen LogP contribution in [0.25, 0.3) is 0 Å². The van der Waals surface area contributed by atoms with Gasteiger partial charge in [-0.25, -0.2) is 0 Å². The van der Waals surface area contributed by atoms with E-state index < -0.39 is 434 Å². The van der Waals surface area contributed by atoms with Crippen molar-refractivity contribution in [1.82, 2.24) is 21.3 Å². The summed E-state index contributed by atoms with van der Waals surface area (Å²) in [7, 11) is 0. The summed E-state index contributed by atoms with van der Waals surface area (Å²) < 4.78 is 124. The van der Waals surface area contributed by atoms with Crippen LogP contribution in [0.3, 0.4) is 0 Å². The average Bonchev–Trinajstić information content (AvgIpc) is 1.03. The molecule has 0 saturated carbocycles. The van der Waals surface area contributed by atoms with Crippen molar-refractivity contribution >= 4 is 23.6 Å². The molecule has 55 atom stereocenters. The second-order valence-corrected chi connectivity index (χ2v) is 33.8. The predicted molar refractivity (Wildman–Crippen MR) is 420 cm³/mol. The summed E-state index contributed by atoms with van der Waals surface area (Å²) in [6.45, 7) is -4.91. The highest BCUT2D eigenvalue weighted by atomic mass is 16.8. The number of rotatable bonds is 35. The lowest BCUT2D eigenvalue weighted by atomic mass is 9.93. The summed E-state index contributed by atoms with van der Waals surface area (Å²) in [4.78, 5) is 51.7. The number of hydrogen-bond acceptors (Lipinski definition) is 56. The van der Waals surface area contributed by atoms with Crippen LogP contribution in [-0.4, -0.2) is 592 Å². The number of carbonyl (C=O) groups is 4. The first-order valence-electron chi connectivity index (χ1n) is 43.7. The van der Waals surface area contributed by atoms with E-state index in [1.807, 2.05) is 13.8 Å². The first kappa shape index (κ1) is 114. The van der Waals surface area contributed by atoms with Crippen molar-refractivity contribution in [2.75, 3.05) is 72.7 Å². The van der Waals surface area contributed by atoms with E-state index in [0.717, 1.165) is 27.7 Å². The lowest BCUT2D eigenvalue weighted by Crippen LogP contribution is -2.71. The Labute approximate surface area is 771 Å². The Kier molecular flexibility index (Phi) is 42.3. The third-order valence-corrected chi connectivity index (χ3v) is 24.6. The molecule has 0 unspecified atom stereocenters. The lowest BCUT2D eigenvalue weighted by molar-refractivity contribution is -0.400. The van der Waals surface area contributed by atoms with Gasteiger partial charge in [-0.05, 0) is 0 Å². The monoisotopic (exact) mass is 1990 g/mol. The number of carbonyl (C=O) groups excluding carboxylic acids is 4. The molecule has 0 aliphatic carbocycles. The van der Waals surface area contributed by atoms with Crippen LogP contribution in [0.2, 0.25) is 0 Å². The van der Waals surface area contributed by atoms with Crippen LogP contribution in [0, 0.1) is 0 Å². The van der Waals surface area contributed by atoms with Gasteiger partial charge < -0.3 is 279 Å². The Bertz CT molecular complexity index is 3650. The van der Waals surface area contributed by atoms with Gasteiger partial charge in [-0.15, -0.1) is 0 Å². The number of aliphatic hydroxyl groups is 31. The average molecular weight is 2000 g/mol. The van der Waals surface area contributed by atoms with E-state index in [1.165, 1.54) is 0 Å². The number of aliphatic hydroxyl groups excluding tert-OH is 31. The zero-order valence-electron chi connectivity index (χ0n) is 73.6. The first-order valence-corrected chi connectivity index (χ1v) is 43.7. The van der Waals surface area contributed by atoms with Gasteiger partial charge in [0.15, 0.2) is 69.2 Å². The van der Waals surface area contributed by atoms with Crippen molar-refractivity contribution in [3.05, 3.63) is 0 Å². The minimum Gasteiger partial charge on any atom is -0.394 e. The SMILES string of the molecule is CC.CC(=O)N[C@@H]1[C@@H](O)[C@H](O[C@@H]2O[C@H](CO)[C@@H](O[C@@H]3O[C@H](CO[C@H]4O[C@H](CO)[C@@H](O)[C@H](O)[C@@H]4O[C@@H]4O[C@H](CO)[C@@H](O[C@@H]5O[C@H](CO)[C@H](O)[C@H](O[C@H]6O[C@H](CO)[C@H](O)[C@H](O)[C@H]6O)[C@H]5O)[C@H](O)[C@H]4NC(C)=O)[C@@H](O)[C@H](O[C@H]4O[C@H](CO)[C@@H](O)[C@H](O)[C@@H]4O[C@@H]4O[C@H](CO)[C@@H](O[C@@H]5O[C@H](CO)[C@H](O)[C@H](O[C@H]6O[C@H](CO)[C@H](O)[C@H](O)[C@H]6O)[C@H]5O)[C@H](O)[C@H]4NC(C)=O)[C@@H]3O)[C@H](O)[C@H]2NC(C)=O)[C@@H](CO)O[C@H]1O. The molecule has 60 nitrogen and oxygen atoms in total. The van der Waals surface area contributed by atoms with Gasteiger partial charge >= 0.3 is 0 Å². The summed E-state index contributed by atoms with van der Waals surface area (Å²) in [6.07, 6.45) is -109. The highest BCUT2D eigenvalue weighted by Gasteiger charge is 2.63. The Balaban J connectivity index is 0.00000949. The third-order valence-electron chi connectivity index (χ3n) is 24.6. The van der Waals surface area contributed by atoms with Gasteiger partial charge in [0.1, 0.15) is 268 Å². The Morgan fingerprint density at radius 1 is 0.199 bits per heavy atom. The third kappa shape index (κ3) is 25.1. The summed E-state index contributed by atoms with van der Waals surface area (Å²) in [6, 6.07) is -7.79. The van der Waals surface area contributed by atoms with E-state index in [4.69, 9.17) is 99.5 Å². The van der Waals surface area contributed by atoms with E-state index in [-0.39, 0.29) is 0 Å². The summed E-state index contributed by atoms with van der Waals surface area (Å²) >= 11 is 0. The van der Waals surface area contributed by atoms with Crippen molar-refractivity contribution in [1.29, 1.82) is 0 Å². The Hall–Kier alpha value is -4.20. The number of hydrogen-bond donors (Lipinski definition) is 35. The maximum absolute atomic E-state index is 13.2. The lowest BCUT2D eigenvalue weighted by Gasteiger charge is -2.51. The smallest absolute Gasteiger partial charge is 0.217 e. The molecule has 11 saturated heterocycles. The molecule has 0 bridgehead atoms. The van der Waals surface area contributed by atoms with Gasteiger partial charge in [-0.2, -0.15) is 0 Å². The van der Waals surface area contributed by atoms with Gasteiger partial charge in [0.2, 0.25) is 23.6 Å². The molecule has 60 heteroatoms. The number of ether oxygens (including phenoxy) is 21. The van der Waals surface area contributed by atoms with Crippen molar-refractivity contribution < 1.29 is 277 Å². The minimum atomic E-state index is -2.66. The maximum Gasteiger partial charge on any atom is 0.217 e. The van der Waals surface area contributed by atoms with Crippen LogP contribution in [0.1, 0.15) is 41.5 Å². The summed E-state index contributed by atoms with van der Waals surface area (Å²) in [5.74, 6) is -3.84. The van der Waals surface area contributed by atoms with Crippen LogP contribution < -0.4 is 21.3 Å². The zero-order chi connectivity index (χ0) is 101. The topological polar surface area (TPSA) is 937 Å². The zero-order valence-corrected chi connectivity index (χ0v) is 73.6. The molecular weight excluding hydrogens is 1860 g/mol. The van der Waals surface area contributed by atoms with E-state index in [9.17, 15) is 177 Å². The molecule has 0 spiro atoms. The van der Waals surface area contributed by atoms with Crippen LogP contribution in [0.5, 0.6) is 0 Å². The maximum atomic E-state index is 13.2. The molecule has 0 radical (unpaired) electrons. The quantitative estimate of drug-likeness (QED) is 0.0280. The first-order chi connectivity index (χ1) is 64.5. The van der Waals surface area contributed by atoms with E-state index in [0.29, 0.717) is 0 Å². The fraction of sp³-hybridized carbons (Fsp3) is 0.947. The van der Waals surface area contributed by atoms with Crippen molar-refractivity contribution in [3.63, 3.8) is 0 Å². The molecule has 0 aromatic rings. The minimum absolute atomic E-state index is 0.816. The van der Waals surface area contributed by atoms with Crippen molar-refractivity contribution in [2.24, 2.45) is 0 Å². The molecule has 0 aromatic heterocycles. The van der Waals surface area contributed by atoms with Crippen molar-refractivity contribution in [2.45, 2.75) is 379 Å². The molecule has 4 amide bonds. The molecule has 11 aliphatic heterocycles. The van der Waals surface area contributed by atoms with Gasteiger partial charge in [0.25, 0.3) is 0 Å². The second-order valence-electron chi connectivity index (χ2n) is 33.8. The molecule has 11 aliphatic rings. The van der Waals surface area contributed by atoms with E-state index in [1.54, 1.807) is 0 Å². The fourth-order valence-corrected chi connectivity index (χ4v) is 17.4. The van der Waals surface area contributed by atoms with Crippen LogP contribution >= 0.6 is 0 Å². The fourth-order valence-electron chi connectivity index (χ4n) is 17.4. The van der Waals surface area contributed by atoms with Gasteiger partial charge in [-0.1, -0.05) is 13.8 Å². The Morgan fingerprint density at radius 2 is 0.404 bits per heavy atom. The molecular formula is C76H130N4O56. The highest BCUT2D eigenvalue weighted by molar-refractivity contribution is 5.74. The normalized spacial score (nSPS) is 49.1. The van der Waals surface area contributed by atoms with E-state index >= 15 is 0 Å².